The number of hydrogen-bond donors (Lipinski definition) is 2. The van der Waals surface area contributed by atoms with E-state index in [-0.39, 0.29) is 19.1 Å². The molecule has 3 rings (SSSR count). The van der Waals surface area contributed by atoms with Crippen molar-refractivity contribution in [2.24, 2.45) is 5.92 Å². The number of likely N-dealkylation sites (tertiary alicyclic amines) is 1. The number of fused-ring (bicyclic) bond motifs is 1. The summed E-state index contributed by atoms with van der Waals surface area (Å²) in [5.74, 6) is -1.34. The lowest BCUT2D eigenvalue weighted by atomic mass is 9.86. The molecule has 0 aliphatic carbocycles. The lowest BCUT2D eigenvalue weighted by molar-refractivity contribution is -0.143. The molecule has 1 saturated heterocycles. The quantitative estimate of drug-likeness (QED) is 0.831. The van der Waals surface area contributed by atoms with Crippen molar-refractivity contribution >= 4 is 12.0 Å². The Morgan fingerprint density at radius 1 is 1.42 bits per heavy atom. The summed E-state index contributed by atoms with van der Waals surface area (Å²) in [6, 6.07) is 7.80. The topological polar surface area (TPSA) is 88.1 Å². The van der Waals surface area contributed by atoms with Crippen molar-refractivity contribution in [3.8, 4) is 0 Å². The van der Waals surface area contributed by atoms with Crippen LogP contribution in [-0.2, 0) is 26.3 Å². The number of carboxylic acid groups (broad SMARTS) is 1. The van der Waals surface area contributed by atoms with E-state index >= 15 is 0 Å². The minimum absolute atomic E-state index is 0.246. The maximum absolute atomic E-state index is 12.6. The Bertz CT molecular complexity index is 665. The fourth-order valence-electron chi connectivity index (χ4n) is 3.86. The molecule has 2 unspecified atom stereocenters. The number of urea groups is 1. The van der Waals surface area contributed by atoms with Gasteiger partial charge in [-0.25, -0.2) is 4.79 Å². The molecule has 7 heteroatoms. The minimum atomic E-state index is -0.845. The second-order valence-corrected chi connectivity index (χ2v) is 6.97. The van der Waals surface area contributed by atoms with Crippen LogP contribution in [0, 0.1) is 5.92 Å². The standard InChI is InChI=1S/C19H26N2O5/c1-25-13-19(16-7-3-2-5-14(16)8-10-26-19)12-20-18(24)21-9-4-6-15(11-21)17(22)23/h2-3,5,7,15H,4,6,8-13H2,1H3,(H,20,24)(H,22,23). The van der Waals surface area contributed by atoms with E-state index in [2.05, 4.69) is 11.4 Å². The molecule has 2 aliphatic rings. The number of benzene rings is 1. The SMILES string of the molecule is COCC1(CNC(=O)N2CCCC(C(=O)O)C2)OCCc2ccccc21. The van der Waals surface area contributed by atoms with Crippen molar-refractivity contribution in [1.29, 1.82) is 0 Å². The van der Waals surface area contributed by atoms with Gasteiger partial charge >= 0.3 is 12.0 Å². The highest BCUT2D eigenvalue weighted by Gasteiger charge is 2.39. The van der Waals surface area contributed by atoms with Crippen molar-refractivity contribution in [3.63, 3.8) is 0 Å². The number of carbonyl (C=O) groups is 2. The zero-order valence-electron chi connectivity index (χ0n) is 15.1. The molecule has 0 bridgehead atoms. The first-order chi connectivity index (χ1) is 12.6. The molecule has 0 saturated carbocycles. The van der Waals surface area contributed by atoms with Crippen LogP contribution in [0.5, 0.6) is 0 Å². The number of carbonyl (C=O) groups excluding carboxylic acids is 1. The van der Waals surface area contributed by atoms with Gasteiger partial charge in [-0.15, -0.1) is 0 Å². The highest BCUT2D eigenvalue weighted by molar-refractivity contribution is 5.76. The molecule has 1 fully saturated rings. The summed E-state index contributed by atoms with van der Waals surface area (Å²) in [6.45, 7) is 2.01. The molecule has 142 valence electrons. The van der Waals surface area contributed by atoms with E-state index in [1.165, 1.54) is 5.56 Å². The van der Waals surface area contributed by atoms with Crippen molar-refractivity contribution in [2.75, 3.05) is 40.0 Å². The number of piperidine rings is 1. The number of hydrogen-bond acceptors (Lipinski definition) is 4. The zero-order valence-corrected chi connectivity index (χ0v) is 15.1. The first-order valence-corrected chi connectivity index (χ1v) is 9.02. The van der Waals surface area contributed by atoms with Crippen LogP contribution in [0.25, 0.3) is 0 Å². The van der Waals surface area contributed by atoms with Gasteiger partial charge in [-0.05, 0) is 30.4 Å². The molecular weight excluding hydrogens is 336 g/mol. The van der Waals surface area contributed by atoms with Gasteiger partial charge in [0.15, 0.2) is 0 Å². The smallest absolute Gasteiger partial charge is 0.317 e. The molecule has 2 heterocycles. The van der Waals surface area contributed by atoms with Crippen LogP contribution in [0.1, 0.15) is 24.0 Å². The summed E-state index contributed by atoms with van der Waals surface area (Å²) in [7, 11) is 1.62. The van der Waals surface area contributed by atoms with Gasteiger partial charge in [-0.3, -0.25) is 4.79 Å². The molecule has 1 aromatic rings. The molecule has 0 aromatic heterocycles. The molecular formula is C19H26N2O5. The van der Waals surface area contributed by atoms with Gasteiger partial charge in [0.05, 0.1) is 25.7 Å². The molecule has 1 aromatic carbocycles. The maximum atomic E-state index is 12.6. The Hall–Kier alpha value is -2.12. The van der Waals surface area contributed by atoms with Crippen LogP contribution in [-0.4, -0.2) is 62.0 Å². The first-order valence-electron chi connectivity index (χ1n) is 9.02. The van der Waals surface area contributed by atoms with Gasteiger partial charge in [0.2, 0.25) is 0 Å². The van der Waals surface area contributed by atoms with E-state index in [9.17, 15) is 14.7 Å². The van der Waals surface area contributed by atoms with E-state index in [1.807, 2.05) is 18.2 Å². The van der Waals surface area contributed by atoms with Crippen LogP contribution in [0.3, 0.4) is 0 Å². The Labute approximate surface area is 153 Å². The average Bonchev–Trinajstić information content (AvgIpc) is 2.67. The van der Waals surface area contributed by atoms with Gasteiger partial charge in [-0.1, -0.05) is 24.3 Å². The van der Waals surface area contributed by atoms with Gasteiger partial charge < -0.3 is 24.8 Å². The predicted octanol–water partition coefficient (Wildman–Crippen LogP) is 1.61. The lowest BCUT2D eigenvalue weighted by Crippen LogP contribution is -2.53. The largest absolute Gasteiger partial charge is 0.481 e. The summed E-state index contributed by atoms with van der Waals surface area (Å²) in [4.78, 5) is 25.4. The molecule has 2 aliphatic heterocycles. The summed E-state index contributed by atoms with van der Waals surface area (Å²) >= 11 is 0. The van der Waals surface area contributed by atoms with Crippen molar-refractivity contribution in [2.45, 2.75) is 24.9 Å². The molecule has 0 radical (unpaired) electrons. The third kappa shape index (κ3) is 3.83. The van der Waals surface area contributed by atoms with E-state index in [0.29, 0.717) is 32.6 Å². The number of carboxylic acids is 1. The van der Waals surface area contributed by atoms with E-state index in [4.69, 9.17) is 9.47 Å². The third-order valence-corrected chi connectivity index (χ3v) is 5.22. The lowest BCUT2D eigenvalue weighted by Gasteiger charge is -2.39. The summed E-state index contributed by atoms with van der Waals surface area (Å²) < 4.78 is 11.5. The summed E-state index contributed by atoms with van der Waals surface area (Å²) in [5, 5.41) is 12.1. The Balaban J connectivity index is 1.70. The van der Waals surface area contributed by atoms with E-state index in [1.54, 1.807) is 12.0 Å². The Morgan fingerprint density at radius 3 is 3.00 bits per heavy atom. The zero-order chi connectivity index (χ0) is 18.6. The molecule has 0 spiro atoms. The monoisotopic (exact) mass is 362 g/mol. The van der Waals surface area contributed by atoms with E-state index in [0.717, 1.165) is 12.0 Å². The Kier molecular flexibility index (Phi) is 5.78. The average molecular weight is 362 g/mol. The molecule has 2 atom stereocenters. The maximum Gasteiger partial charge on any atom is 0.317 e. The Morgan fingerprint density at radius 2 is 2.23 bits per heavy atom. The molecule has 2 N–H and O–H groups in total. The van der Waals surface area contributed by atoms with Crippen molar-refractivity contribution in [3.05, 3.63) is 35.4 Å². The number of aliphatic carboxylic acids is 1. The molecule has 26 heavy (non-hydrogen) atoms. The van der Waals surface area contributed by atoms with Crippen LogP contribution < -0.4 is 5.32 Å². The highest BCUT2D eigenvalue weighted by atomic mass is 16.5. The van der Waals surface area contributed by atoms with Crippen molar-refractivity contribution < 1.29 is 24.2 Å². The summed E-state index contributed by atoms with van der Waals surface area (Å²) in [5.41, 5.74) is 1.52. The first kappa shape index (κ1) is 18.7. The van der Waals surface area contributed by atoms with Crippen LogP contribution in [0.4, 0.5) is 4.79 Å². The van der Waals surface area contributed by atoms with Gasteiger partial charge in [0.25, 0.3) is 0 Å². The highest BCUT2D eigenvalue weighted by Crippen LogP contribution is 2.33. The number of methoxy groups -OCH3 is 1. The number of ether oxygens (including phenoxy) is 2. The fraction of sp³-hybridized carbons (Fsp3) is 0.579. The second kappa shape index (κ2) is 8.05. The van der Waals surface area contributed by atoms with Crippen LogP contribution in [0.2, 0.25) is 0 Å². The van der Waals surface area contributed by atoms with Crippen molar-refractivity contribution in [1.82, 2.24) is 10.2 Å². The second-order valence-electron chi connectivity index (χ2n) is 6.97. The van der Waals surface area contributed by atoms with E-state index < -0.39 is 17.5 Å². The number of nitrogens with zero attached hydrogens (tertiary/aromatic N) is 1. The summed E-state index contributed by atoms with van der Waals surface area (Å²) in [6.07, 6.45) is 2.15. The minimum Gasteiger partial charge on any atom is -0.481 e. The van der Waals surface area contributed by atoms with Gasteiger partial charge in [-0.2, -0.15) is 0 Å². The number of rotatable bonds is 5. The molecule has 7 nitrogen and oxygen atoms in total. The number of amides is 2. The molecule has 2 amide bonds. The van der Waals surface area contributed by atoms with Crippen LogP contribution in [0.15, 0.2) is 24.3 Å². The fourth-order valence-corrected chi connectivity index (χ4v) is 3.86. The van der Waals surface area contributed by atoms with Crippen LogP contribution >= 0.6 is 0 Å². The van der Waals surface area contributed by atoms with Gasteiger partial charge in [0.1, 0.15) is 5.60 Å². The normalized spacial score (nSPS) is 25.4. The van der Waals surface area contributed by atoms with Gasteiger partial charge in [0, 0.05) is 20.2 Å². The third-order valence-electron chi connectivity index (χ3n) is 5.22. The number of nitrogens with one attached hydrogen (secondary N) is 1. The predicted molar refractivity (Wildman–Crippen MR) is 95.0 cm³/mol.